The van der Waals surface area contributed by atoms with E-state index >= 15 is 0 Å². The van der Waals surface area contributed by atoms with Gasteiger partial charge in [0.15, 0.2) is 0 Å². The first kappa shape index (κ1) is 20.7. The number of anilines is 2. The van der Waals surface area contributed by atoms with E-state index in [4.69, 9.17) is 0 Å². The highest BCUT2D eigenvalue weighted by Gasteiger charge is 2.30. The predicted octanol–water partition coefficient (Wildman–Crippen LogP) is 2.61. The number of benzene rings is 2. The molecule has 0 saturated carbocycles. The summed E-state index contributed by atoms with van der Waals surface area (Å²) < 4.78 is 40.7. The molecule has 3 amide bonds. The number of halogens is 1. The van der Waals surface area contributed by atoms with Crippen LogP contribution >= 0.6 is 0 Å². The van der Waals surface area contributed by atoms with Gasteiger partial charge in [-0.05, 0) is 55.3 Å². The lowest BCUT2D eigenvalue weighted by molar-refractivity contribution is 0.102. The zero-order valence-corrected chi connectivity index (χ0v) is 16.6. The number of rotatable bonds is 5. The smallest absolute Gasteiger partial charge is 0.318 e. The first-order valence-corrected chi connectivity index (χ1v) is 10.4. The van der Waals surface area contributed by atoms with Crippen LogP contribution in [-0.4, -0.2) is 44.8 Å². The Labute approximate surface area is 168 Å². The Balaban J connectivity index is 1.77. The maximum atomic E-state index is 14.2. The van der Waals surface area contributed by atoms with Crippen molar-refractivity contribution in [3.8, 4) is 0 Å². The molecule has 0 spiro atoms. The van der Waals surface area contributed by atoms with Crippen LogP contribution in [0.15, 0.2) is 47.4 Å². The van der Waals surface area contributed by atoms with Crippen LogP contribution in [0.1, 0.15) is 23.2 Å². The van der Waals surface area contributed by atoms with Crippen molar-refractivity contribution >= 4 is 33.3 Å². The van der Waals surface area contributed by atoms with Gasteiger partial charge in [0.25, 0.3) is 5.91 Å². The third kappa shape index (κ3) is 4.72. The van der Waals surface area contributed by atoms with E-state index < -0.39 is 26.6 Å². The molecule has 29 heavy (non-hydrogen) atoms. The molecule has 3 N–H and O–H groups in total. The molecule has 0 aliphatic carbocycles. The Morgan fingerprint density at radius 3 is 2.14 bits per heavy atom. The molecule has 1 saturated heterocycles. The molecule has 2 aromatic carbocycles. The van der Waals surface area contributed by atoms with Crippen LogP contribution in [0.25, 0.3) is 0 Å². The van der Waals surface area contributed by atoms with E-state index in [2.05, 4.69) is 16.0 Å². The maximum absolute atomic E-state index is 14.2. The Bertz CT molecular complexity index is 1020. The number of carbonyl (C=O) groups is 2. The summed E-state index contributed by atoms with van der Waals surface area (Å²) in [6.07, 6.45) is 1.46. The summed E-state index contributed by atoms with van der Waals surface area (Å²) in [6, 6.07) is 9.24. The molecule has 8 nitrogen and oxygen atoms in total. The zero-order valence-electron chi connectivity index (χ0n) is 15.7. The second kappa shape index (κ2) is 8.58. The highest BCUT2D eigenvalue weighted by Crippen LogP contribution is 2.24. The van der Waals surface area contributed by atoms with Crippen LogP contribution in [0.5, 0.6) is 0 Å². The highest BCUT2D eigenvalue weighted by atomic mass is 32.2. The maximum Gasteiger partial charge on any atom is 0.318 e. The molecule has 1 aliphatic rings. The number of nitrogens with zero attached hydrogens (tertiary/aromatic N) is 1. The molecule has 2 aromatic rings. The third-order valence-electron chi connectivity index (χ3n) is 4.50. The largest absolute Gasteiger partial charge is 0.341 e. The molecular weight excluding hydrogens is 399 g/mol. The predicted molar refractivity (Wildman–Crippen MR) is 107 cm³/mol. The molecule has 0 atom stereocenters. The van der Waals surface area contributed by atoms with Gasteiger partial charge in [-0.15, -0.1) is 0 Å². The van der Waals surface area contributed by atoms with Gasteiger partial charge >= 0.3 is 6.03 Å². The van der Waals surface area contributed by atoms with Crippen LogP contribution in [0.4, 0.5) is 20.6 Å². The van der Waals surface area contributed by atoms with Gasteiger partial charge in [0.1, 0.15) is 10.7 Å². The molecule has 0 bridgehead atoms. The summed E-state index contributed by atoms with van der Waals surface area (Å²) >= 11 is 0. The molecule has 3 rings (SSSR count). The Hall–Kier alpha value is -2.98. The van der Waals surface area contributed by atoms with Crippen LogP contribution in [0, 0.1) is 5.82 Å². The van der Waals surface area contributed by atoms with Crippen LogP contribution < -0.4 is 16.0 Å². The molecule has 1 fully saturated rings. The highest BCUT2D eigenvalue weighted by molar-refractivity contribution is 7.89. The molecule has 10 heteroatoms. The van der Waals surface area contributed by atoms with E-state index in [1.54, 1.807) is 24.3 Å². The first-order valence-electron chi connectivity index (χ1n) is 9.01. The lowest BCUT2D eigenvalue weighted by Gasteiger charge is -2.16. The quantitative estimate of drug-likeness (QED) is 0.691. The van der Waals surface area contributed by atoms with E-state index in [1.807, 2.05) is 0 Å². The van der Waals surface area contributed by atoms with Crippen LogP contribution in [0.2, 0.25) is 0 Å². The van der Waals surface area contributed by atoms with Gasteiger partial charge in [-0.3, -0.25) is 4.79 Å². The molecule has 154 valence electrons. The Morgan fingerprint density at radius 2 is 1.55 bits per heavy atom. The lowest BCUT2D eigenvalue weighted by Crippen LogP contribution is -2.29. The molecule has 0 aromatic heterocycles. The van der Waals surface area contributed by atoms with Crippen molar-refractivity contribution in [1.82, 2.24) is 9.62 Å². The molecule has 0 unspecified atom stereocenters. The summed E-state index contributed by atoms with van der Waals surface area (Å²) in [4.78, 5) is 23.3. The number of carbonyl (C=O) groups excluding carboxylic acids is 2. The number of amides is 3. The lowest BCUT2D eigenvalue weighted by atomic mass is 10.2. The molecular formula is C19H21FN4O4S. The number of hydrogen-bond donors (Lipinski definition) is 3. The van der Waals surface area contributed by atoms with Crippen molar-refractivity contribution in [3.63, 3.8) is 0 Å². The fraction of sp³-hybridized carbons (Fsp3) is 0.263. The minimum Gasteiger partial charge on any atom is -0.341 e. The van der Waals surface area contributed by atoms with E-state index in [9.17, 15) is 22.4 Å². The molecule has 0 radical (unpaired) electrons. The van der Waals surface area contributed by atoms with E-state index in [0.29, 0.717) is 24.5 Å². The molecule has 1 heterocycles. The van der Waals surface area contributed by atoms with Crippen LogP contribution in [0.3, 0.4) is 0 Å². The summed E-state index contributed by atoms with van der Waals surface area (Å²) in [6.45, 7) is 0.684. The number of nitrogens with one attached hydrogen (secondary N) is 3. The van der Waals surface area contributed by atoms with Gasteiger partial charge in [0, 0.05) is 37.1 Å². The minimum atomic E-state index is -3.99. The van der Waals surface area contributed by atoms with Crippen molar-refractivity contribution in [1.29, 1.82) is 0 Å². The minimum absolute atomic E-state index is 0.0248. The fourth-order valence-electron chi connectivity index (χ4n) is 2.94. The van der Waals surface area contributed by atoms with E-state index in [-0.39, 0.29) is 11.6 Å². The van der Waals surface area contributed by atoms with E-state index in [0.717, 1.165) is 25.0 Å². The fourth-order valence-corrected chi connectivity index (χ4v) is 4.55. The standard InChI is InChI=1S/C19H21FN4O4S/c1-21-19(26)23-15-7-5-14(6-8-15)22-18(25)13-4-9-16(20)17(12-13)29(27,28)24-10-2-3-11-24/h4-9,12H,2-3,10-11H2,1H3,(H,22,25)(H2,21,23,26). The summed E-state index contributed by atoms with van der Waals surface area (Å²) in [7, 11) is -2.49. The van der Waals surface area contributed by atoms with Gasteiger partial charge in [0.05, 0.1) is 0 Å². The van der Waals surface area contributed by atoms with Crippen molar-refractivity contribution < 1.29 is 22.4 Å². The van der Waals surface area contributed by atoms with Gasteiger partial charge < -0.3 is 16.0 Å². The zero-order chi connectivity index (χ0) is 21.0. The SMILES string of the molecule is CNC(=O)Nc1ccc(NC(=O)c2ccc(F)c(S(=O)(=O)N3CCCC3)c2)cc1. The summed E-state index contributed by atoms with van der Waals surface area (Å²) in [5, 5.41) is 7.63. The van der Waals surface area contributed by atoms with Crippen molar-refractivity contribution in [2.45, 2.75) is 17.7 Å². The van der Waals surface area contributed by atoms with Crippen molar-refractivity contribution in [2.75, 3.05) is 30.8 Å². The van der Waals surface area contributed by atoms with E-state index in [1.165, 1.54) is 17.4 Å². The van der Waals surface area contributed by atoms with Gasteiger partial charge in [-0.2, -0.15) is 4.31 Å². The first-order chi connectivity index (χ1) is 13.8. The second-order valence-corrected chi connectivity index (χ2v) is 8.40. The monoisotopic (exact) mass is 420 g/mol. The number of hydrogen-bond acceptors (Lipinski definition) is 4. The summed E-state index contributed by atoms with van der Waals surface area (Å²) in [5.74, 6) is -1.46. The third-order valence-corrected chi connectivity index (χ3v) is 6.42. The Morgan fingerprint density at radius 1 is 0.966 bits per heavy atom. The van der Waals surface area contributed by atoms with Gasteiger partial charge in [0.2, 0.25) is 10.0 Å². The van der Waals surface area contributed by atoms with Crippen molar-refractivity contribution in [3.05, 3.63) is 53.8 Å². The average Bonchev–Trinajstić information content (AvgIpc) is 3.25. The normalized spacial score (nSPS) is 14.4. The Kier molecular flexibility index (Phi) is 6.14. The second-order valence-electron chi connectivity index (χ2n) is 6.49. The topological polar surface area (TPSA) is 108 Å². The van der Waals surface area contributed by atoms with Crippen LogP contribution in [-0.2, 0) is 10.0 Å². The average molecular weight is 420 g/mol. The van der Waals surface area contributed by atoms with Gasteiger partial charge in [-0.1, -0.05) is 0 Å². The van der Waals surface area contributed by atoms with Gasteiger partial charge in [-0.25, -0.2) is 17.6 Å². The molecule has 1 aliphatic heterocycles. The number of urea groups is 1. The van der Waals surface area contributed by atoms with Crippen molar-refractivity contribution in [2.24, 2.45) is 0 Å². The summed E-state index contributed by atoms with van der Waals surface area (Å²) in [5.41, 5.74) is 0.991. The number of sulfonamides is 1.